The fourth-order valence-corrected chi connectivity index (χ4v) is 6.24. The van der Waals surface area contributed by atoms with Gasteiger partial charge in [-0.15, -0.1) is 11.3 Å². The lowest BCUT2D eigenvalue weighted by Crippen LogP contribution is -2.40. The van der Waals surface area contributed by atoms with E-state index in [0.717, 1.165) is 5.56 Å². The number of oxazole rings is 1. The number of carbonyl (C=O) groups is 4. The Labute approximate surface area is 270 Å². The number of aromatic nitrogens is 4. The molecule has 0 saturated heterocycles. The van der Waals surface area contributed by atoms with Crippen molar-refractivity contribution in [3.63, 3.8) is 0 Å². The third kappa shape index (κ3) is 7.68. The Morgan fingerprint density at radius 1 is 1.09 bits per heavy atom. The third-order valence-corrected chi connectivity index (χ3v) is 8.67. The van der Waals surface area contributed by atoms with Gasteiger partial charge in [0.1, 0.15) is 28.2 Å². The molecule has 0 radical (unpaired) electrons. The zero-order valence-electron chi connectivity index (χ0n) is 26.3. The fourth-order valence-electron chi connectivity index (χ4n) is 5.22. The molecule has 0 unspecified atom stereocenters. The number of aryl methyl sites for hydroxylation is 2. The van der Waals surface area contributed by atoms with Gasteiger partial charge in [0.2, 0.25) is 11.8 Å². The van der Waals surface area contributed by atoms with Crippen LogP contribution in [0.1, 0.15) is 92.5 Å². The van der Waals surface area contributed by atoms with E-state index in [-0.39, 0.29) is 67.0 Å². The highest BCUT2D eigenvalue weighted by atomic mass is 32.1. The summed E-state index contributed by atoms with van der Waals surface area (Å²) in [6, 6.07) is 8.51. The number of fused-ring (bicyclic) bond motifs is 4. The highest BCUT2D eigenvalue weighted by Crippen LogP contribution is 2.27. The van der Waals surface area contributed by atoms with Crippen molar-refractivity contribution < 1.29 is 23.6 Å². The molecule has 0 aliphatic carbocycles. The second-order valence-electron chi connectivity index (χ2n) is 11.6. The second kappa shape index (κ2) is 14.5. The van der Waals surface area contributed by atoms with Gasteiger partial charge in [-0.2, -0.15) is 0 Å². The number of hydrogen-bond donors (Lipinski definition) is 3. The summed E-state index contributed by atoms with van der Waals surface area (Å²) in [7, 11) is 1.73. The van der Waals surface area contributed by atoms with E-state index in [1.807, 2.05) is 44.2 Å². The van der Waals surface area contributed by atoms with Crippen molar-refractivity contribution in [2.45, 2.75) is 52.1 Å². The molecular formula is C32H38N8O5S. The zero-order valence-corrected chi connectivity index (χ0v) is 27.1. The molecule has 0 saturated carbocycles. The first-order chi connectivity index (χ1) is 22.1. The first-order valence-electron chi connectivity index (χ1n) is 15.2. The van der Waals surface area contributed by atoms with Crippen LogP contribution in [0.2, 0.25) is 0 Å². The first kappa shape index (κ1) is 32.5. The number of benzene rings is 1. The van der Waals surface area contributed by atoms with Crippen LogP contribution < -0.4 is 16.0 Å². The van der Waals surface area contributed by atoms with E-state index in [4.69, 9.17) is 4.42 Å². The van der Waals surface area contributed by atoms with Gasteiger partial charge in [-0.05, 0) is 24.8 Å². The molecule has 1 aromatic carbocycles. The first-order valence-corrected chi connectivity index (χ1v) is 16.1. The molecular weight excluding hydrogens is 608 g/mol. The minimum Gasteiger partial charge on any atom is -0.443 e. The monoisotopic (exact) mass is 646 g/mol. The van der Waals surface area contributed by atoms with Crippen LogP contribution >= 0.6 is 11.3 Å². The minimum absolute atomic E-state index is 0.0489. The van der Waals surface area contributed by atoms with E-state index in [0.29, 0.717) is 29.3 Å². The molecule has 0 spiro atoms. The number of hydrogen-bond acceptors (Lipinski definition) is 9. The normalized spacial score (nSPS) is 18.5. The van der Waals surface area contributed by atoms with Crippen LogP contribution in [0.15, 0.2) is 52.7 Å². The number of carbonyl (C=O) groups excluding carboxylic acids is 4. The molecule has 5 rings (SSSR count). The van der Waals surface area contributed by atoms with Crippen molar-refractivity contribution >= 4 is 35.0 Å². The molecule has 242 valence electrons. The van der Waals surface area contributed by atoms with Gasteiger partial charge in [0.05, 0.1) is 18.6 Å². The largest absolute Gasteiger partial charge is 0.443 e. The molecule has 2 atom stereocenters. The number of rotatable bonds is 4. The summed E-state index contributed by atoms with van der Waals surface area (Å²) in [5.41, 5.74) is 1.69. The molecule has 4 heterocycles. The highest BCUT2D eigenvalue weighted by Gasteiger charge is 2.29. The summed E-state index contributed by atoms with van der Waals surface area (Å²) in [5, 5.41) is 11.1. The Balaban J connectivity index is 1.46. The summed E-state index contributed by atoms with van der Waals surface area (Å²) in [5.74, 6) is -0.852. The van der Waals surface area contributed by atoms with Crippen LogP contribution in [-0.4, -0.2) is 67.7 Å². The van der Waals surface area contributed by atoms with Crippen LogP contribution in [-0.2, 0) is 18.3 Å². The molecule has 4 amide bonds. The maximum Gasteiger partial charge on any atom is 0.274 e. The SMILES string of the molecule is Cc1oc2nc1C(=O)N[C@@H](C(C)C)c1nc(cs1)C(=O)NCCN(C(=O)c1cncn1C)CCCC(=O)N[C@H]2Cc1ccccc1. The predicted molar refractivity (Wildman–Crippen MR) is 170 cm³/mol. The molecule has 3 N–H and O–H groups in total. The van der Waals surface area contributed by atoms with Gasteiger partial charge < -0.3 is 29.8 Å². The summed E-state index contributed by atoms with van der Waals surface area (Å²) < 4.78 is 7.62. The van der Waals surface area contributed by atoms with Crippen LogP contribution in [0.3, 0.4) is 0 Å². The number of imidazole rings is 1. The number of nitrogens with zero attached hydrogens (tertiary/aromatic N) is 5. The lowest BCUT2D eigenvalue weighted by atomic mass is 10.0. The van der Waals surface area contributed by atoms with E-state index >= 15 is 0 Å². The molecule has 13 nitrogen and oxygen atoms in total. The van der Waals surface area contributed by atoms with Crippen molar-refractivity contribution in [1.82, 2.24) is 40.4 Å². The molecule has 4 aromatic rings. The summed E-state index contributed by atoms with van der Waals surface area (Å²) >= 11 is 1.28. The Morgan fingerprint density at radius 3 is 2.59 bits per heavy atom. The van der Waals surface area contributed by atoms with E-state index in [1.165, 1.54) is 17.5 Å². The van der Waals surface area contributed by atoms with Crippen LogP contribution in [0.5, 0.6) is 0 Å². The molecule has 1 aliphatic heterocycles. The molecule has 4 bridgehead atoms. The number of nitrogens with one attached hydrogen (secondary N) is 3. The summed E-state index contributed by atoms with van der Waals surface area (Å²) in [4.78, 5) is 67.9. The summed E-state index contributed by atoms with van der Waals surface area (Å²) in [6.07, 6.45) is 3.93. The van der Waals surface area contributed by atoms with E-state index in [1.54, 1.807) is 35.1 Å². The molecule has 46 heavy (non-hydrogen) atoms. The predicted octanol–water partition coefficient (Wildman–Crippen LogP) is 3.37. The standard InChI is InChI=1S/C32H38N8O5S/c1-19(2)26-31-36-23(17-46-31)28(42)34-12-14-40(32(44)24-16-33-18-39(24)4)13-8-11-25(41)35-22(15-21-9-6-5-7-10-21)30-38-27(20(3)45-30)29(43)37-26/h5-7,9-10,16-19,22,26H,8,11-15H2,1-4H3,(H,34,42)(H,35,41)(H,37,43)/t22-,26-/m0/s1. The fraction of sp³-hybridized carbons (Fsp3) is 0.406. The van der Waals surface area contributed by atoms with Crippen LogP contribution in [0, 0.1) is 12.8 Å². The van der Waals surface area contributed by atoms with Crippen molar-refractivity contribution in [2.75, 3.05) is 19.6 Å². The van der Waals surface area contributed by atoms with Crippen molar-refractivity contribution in [3.8, 4) is 0 Å². The van der Waals surface area contributed by atoms with E-state index < -0.39 is 18.0 Å². The van der Waals surface area contributed by atoms with Crippen LogP contribution in [0.25, 0.3) is 0 Å². The van der Waals surface area contributed by atoms with Crippen molar-refractivity contribution in [2.24, 2.45) is 13.0 Å². The molecule has 3 aromatic heterocycles. The van der Waals surface area contributed by atoms with Gasteiger partial charge in [-0.1, -0.05) is 44.2 Å². The maximum atomic E-state index is 13.5. The molecule has 1 aliphatic rings. The van der Waals surface area contributed by atoms with Crippen molar-refractivity contribution in [1.29, 1.82) is 0 Å². The lowest BCUT2D eigenvalue weighted by molar-refractivity contribution is -0.122. The number of amides is 4. The minimum atomic E-state index is -0.634. The van der Waals surface area contributed by atoms with E-state index in [2.05, 4.69) is 30.9 Å². The zero-order chi connectivity index (χ0) is 32.8. The molecule has 0 fully saturated rings. The second-order valence-corrected chi connectivity index (χ2v) is 12.5. The average Bonchev–Trinajstić information content (AvgIpc) is 3.78. The third-order valence-electron chi connectivity index (χ3n) is 7.74. The summed E-state index contributed by atoms with van der Waals surface area (Å²) in [6.45, 7) is 6.22. The van der Waals surface area contributed by atoms with Gasteiger partial charge in [-0.25, -0.2) is 15.0 Å². The number of thiazole rings is 1. The smallest absolute Gasteiger partial charge is 0.274 e. The Bertz CT molecular complexity index is 1690. The van der Waals surface area contributed by atoms with Crippen LogP contribution in [0.4, 0.5) is 0 Å². The Kier molecular flexibility index (Phi) is 10.3. The van der Waals surface area contributed by atoms with Gasteiger partial charge in [-0.3, -0.25) is 19.2 Å². The van der Waals surface area contributed by atoms with Gasteiger partial charge in [0.15, 0.2) is 5.69 Å². The van der Waals surface area contributed by atoms with Crippen molar-refractivity contribution in [3.05, 3.63) is 87.5 Å². The Hall–Kier alpha value is -4.85. The highest BCUT2D eigenvalue weighted by molar-refractivity contribution is 7.09. The van der Waals surface area contributed by atoms with E-state index in [9.17, 15) is 19.2 Å². The van der Waals surface area contributed by atoms with Gasteiger partial charge in [0, 0.05) is 44.9 Å². The lowest BCUT2D eigenvalue weighted by Gasteiger charge is -2.23. The molecule has 14 heteroatoms. The Morgan fingerprint density at radius 2 is 1.87 bits per heavy atom. The van der Waals surface area contributed by atoms with Gasteiger partial charge >= 0.3 is 0 Å². The quantitative estimate of drug-likeness (QED) is 0.304. The topological polar surface area (TPSA) is 164 Å². The van der Waals surface area contributed by atoms with Gasteiger partial charge in [0.25, 0.3) is 17.7 Å². The average molecular weight is 647 g/mol. The maximum absolute atomic E-state index is 13.5.